The summed E-state index contributed by atoms with van der Waals surface area (Å²) in [5.74, 6) is 0.859. The summed E-state index contributed by atoms with van der Waals surface area (Å²) >= 11 is 0. The zero-order valence-corrected chi connectivity index (χ0v) is 9.98. The van der Waals surface area contributed by atoms with Gasteiger partial charge < -0.3 is 14.6 Å². The van der Waals surface area contributed by atoms with E-state index in [-0.39, 0.29) is 6.10 Å². The van der Waals surface area contributed by atoms with Gasteiger partial charge in [-0.3, -0.25) is 0 Å². The van der Waals surface area contributed by atoms with Crippen LogP contribution in [0.25, 0.3) is 0 Å². The molecule has 90 valence electrons. The summed E-state index contributed by atoms with van der Waals surface area (Å²) in [4.78, 5) is 0. The van der Waals surface area contributed by atoms with E-state index in [0.717, 1.165) is 18.6 Å². The number of aliphatic hydroxyl groups is 1. The monoisotopic (exact) mass is 224 g/mol. The second-order valence-corrected chi connectivity index (χ2v) is 3.87. The van der Waals surface area contributed by atoms with Crippen LogP contribution in [0, 0.1) is 0 Å². The Morgan fingerprint density at radius 3 is 2.44 bits per heavy atom. The Morgan fingerprint density at radius 2 is 1.88 bits per heavy atom. The Balaban J connectivity index is 2.35. The second-order valence-electron chi connectivity index (χ2n) is 3.87. The minimum atomic E-state index is -0.238. The number of rotatable bonds is 7. The Hall–Kier alpha value is -1.06. The topological polar surface area (TPSA) is 38.7 Å². The molecule has 0 radical (unpaired) electrons. The number of hydrogen-bond acceptors (Lipinski definition) is 3. The fourth-order valence-electron chi connectivity index (χ4n) is 1.37. The molecule has 0 spiro atoms. The number of methoxy groups -OCH3 is 1. The molecule has 16 heavy (non-hydrogen) atoms. The van der Waals surface area contributed by atoms with Gasteiger partial charge in [0.15, 0.2) is 0 Å². The van der Waals surface area contributed by atoms with Crippen LogP contribution in [0.5, 0.6) is 5.75 Å². The Morgan fingerprint density at radius 1 is 1.19 bits per heavy atom. The fraction of sp³-hybridized carbons (Fsp3) is 0.538. The van der Waals surface area contributed by atoms with E-state index in [0.29, 0.717) is 13.2 Å². The largest absolute Gasteiger partial charge is 0.491 e. The summed E-state index contributed by atoms with van der Waals surface area (Å²) in [6.07, 6.45) is 1.46. The zero-order chi connectivity index (χ0) is 11.8. The molecule has 0 aliphatic rings. The van der Waals surface area contributed by atoms with Gasteiger partial charge >= 0.3 is 0 Å². The van der Waals surface area contributed by atoms with Gasteiger partial charge in [-0.1, -0.05) is 12.1 Å². The molecule has 1 rings (SSSR count). The first-order valence-electron chi connectivity index (χ1n) is 5.61. The highest BCUT2D eigenvalue weighted by atomic mass is 16.5. The maximum Gasteiger partial charge on any atom is 0.119 e. The molecule has 1 aromatic carbocycles. The third-order valence-electron chi connectivity index (χ3n) is 2.33. The average Bonchev–Trinajstić information content (AvgIpc) is 2.28. The second kappa shape index (κ2) is 7.25. The first kappa shape index (κ1) is 13.0. The van der Waals surface area contributed by atoms with Crippen LogP contribution in [0.15, 0.2) is 24.3 Å². The fourth-order valence-corrected chi connectivity index (χ4v) is 1.37. The van der Waals surface area contributed by atoms with E-state index < -0.39 is 0 Å². The van der Waals surface area contributed by atoms with Gasteiger partial charge in [-0.15, -0.1) is 0 Å². The van der Waals surface area contributed by atoms with E-state index in [4.69, 9.17) is 9.47 Å². The van der Waals surface area contributed by atoms with Gasteiger partial charge in [-0.25, -0.2) is 0 Å². The van der Waals surface area contributed by atoms with Crippen LogP contribution in [-0.2, 0) is 11.2 Å². The minimum Gasteiger partial charge on any atom is -0.491 e. The average molecular weight is 224 g/mol. The first-order valence-corrected chi connectivity index (χ1v) is 5.61. The molecule has 0 heterocycles. The molecule has 3 heteroatoms. The van der Waals surface area contributed by atoms with Crippen molar-refractivity contribution in [2.45, 2.75) is 25.9 Å². The summed E-state index contributed by atoms with van der Waals surface area (Å²) in [5, 5.41) is 9.17. The lowest BCUT2D eigenvalue weighted by atomic mass is 10.1. The van der Waals surface area contributed by atoms with Crippen LogP contribution in [-0.4, -0.2) is 31.5 Å². The highest BCUT2D eigenvalue weighted by Gasteiger charge is 1.99. The molecular formula is C13H20O3. The number of aliphatic hydroxyl groups excluding tert-OH is 1. The van der Waals surface area contributed by atoms with Gasteiger partial charge in [0.25, 0.3) is 0 Å². The third kappa shape index (κ3) is 5.14. The highest BCUT2D eigenvalue weighted by Crippen LogP contribution is 2.13. The molecule has 0 aromatic heterocycles. The lowest BCUT2D eigenvalue weighted by Gasteiger charge is -2.07. The van der Waals surface area contributed by atoms with Gasteiger partial charge in [0.2, 0.25) is 0 Å². The van der Waals surface area contributed by atoms with Crippen LogP contribution >= 0.6 is 0 Å². The smallest absolute Gasteiger partial charge is 0.119 e. The molecule has 1 aromatic rings. The van der Waals surface area contributed by atoms with Crippen molar-refractivity contribution in [1.29, 1.82) is 0 Å². The predicted octanol–water partition coefficient (Wildman–Crippen LogP) is 2.03. The highest BCUT2D eigenvalue weighted by molar-refractivity contribution is 5.27. The molecule has 0 saturated carbocycles. The third-order valence-corrected chi connectivity index (χ3v) is 2.33. The number of hydrogen-bond donors (Lipinski definition) is 1. The molecule has 0 bridgehead atoms. The molecule has 0 fully saturated rings. The van der Waals surface area contributed by atoms with Crippen LogP contribution < -0.4 is 4.74 Å². The van der Waals surface area contributed by atoms with E-state index in [1.807, 2.05) is 31.2 Å². The van der Waals surface area contributed by atoms with Crippen LogP contribution in [0.1, 0.15) is 18.9 Å². The molecule has 0 saturated heterocycles. The van der Waals surface area contributed by atoms with Crippen molar-refractivity contribution < 1.29 is 14.6 Å². The van der Waals surface area contributed by atoms with Crippen LogP contribution in [0.4, 0.5) is 0 Å². The lowest BCUT2D eigenvalue weighted by Crippen LogP contribution is -2.04. The maximum absolute atomic E-state index is 9.17. The minimum absolute atomic E-state index is 0.238. The van der Waals surface area contributed by atoms with E-state index in [2.05, 4.69) is 0 Å². The first-order chi connectivity index (χ1) is 7.72. The molecule has 0 aliphatic carbocycles. The van der Waals surface area contributed by atoms with Crippen molar-refractivity contribution in [2.24, 2.45) is 0 Å². The summed E-state index contributed by atoms with van der Waals surface area (Å²) in [7, 11) is 1.66. The Labute approximate surface area is 97.0 Å². The van der Waals surface area contributed by atoms with E-state index in [9.17, 15) is 5.11 Å². The summed E-state index contributed by atoms with van der Waals surface area (Å²) in [6, 6.07) is 7.97. The normalized spacial score (nSPS) is 12.4. The standard InChI is InChI=1S/C13H20O3/c1-11(14)3-4-12-5-7-13(8-6-12)16-10-9-15-2/h5-8,11,14H,3-4,9-10H2,1-2H3. The van der Waals surface area contributed by atoms with Crippen molar-refractivity contribution >= 4 is 0 Å². The summed E-state index contributed by atoms with van der Waals surface area (Å²) < 4.78 is 10.4. The quantitative estimate of drug-likeness (QED) is 0.720. The number of ether oxygens (including phenoxy) is 2. The van der Waals surface area contributed by atoms with Gasteiger partial charge in [-0.05, 0) is 37.5 Å². The molecule has 0 amide bonds. The molecular weight excluding hydrogens is 204 g/mol. The lowest BCUT2D eigenvalue weighted by molar-refractivity contribution is 0.146. The maximum atomic E-state index is 9.17. The summed E-state index contributed by atoms with van der Waals surface area (Å²) in [5.41, 5.74) is 1.22. The summed E-state index contributed by atoms with van der Waals surface area (Å²) in [6.45, 7) is 2.98. The Kier molecular flexibility index (Phi) is 5.90. The van der Waals surface area contributed by atoms with Gasteiger partial charge in [0.05, 0.1) is 12.7 Å². The van der Waals surface area contributed by atoms with Crippen molar-refractivity contribution in [2.75, 3.05) is 20.3 Å². The van der Waals surface area contributed by atoms with Gasteiger partial charge in [0, 0.05) is 7.11 Å². The van der Waals surface area contributed by atoms with Gasteiger partial charge in [-0.2, -0.15) is 0 Å². The van der Waals surface area contributed by atoms with Crippen molar-refractivity contribution in [3.05, 3.63) is 29.8 Å². The van der Waals surface area contributed by atoms with Crippen molar-refractivity contribution in [1.82, 2.24) is 0 Å². The van der Waals surface area contributed by atoms with Crippen molar-refractivity contribution in [3.63, 3.8) is 0 Å². The molecule has 1 atom stereocenters. The van der Waals surface area contributed by atoms with E-state index in [1.54, 1.807) is 7.11 Å². The van der Waals surface area contributed by atoms with Crippen LogP contribution in [0.3, 0.4) is 0 Å². The number of benzene rings is 1. The van der Waals surface area contributed by atoms with E-state index >= 15 is 0 Å². The Bertz CT molecular complexity index is 280. The van der Waals surface area contributed by atoms with Crippen molar-refractivity contribution in [3.8, 4) is 5.75 Å². The predicted molar refractivity (Wildman–Crippen MR) is 63.8 cm³/mol. The van der Waals surface area contributed by atoms with Crippen LogP contribution in [0.2, 0.25) is 0 Å². The van der Waals surface area contributed by atoms with E-state index in [1.165, 1.54) is 5.56 Å². The SMILES string of the molecule is COCCOc1ccc(CCC(C)O)cc1. The molecule has 3 nitrogen and oxygen atoms in total. The molecule has 0 aliphatic heterocycles. The zero-order valence-electron chi connectivity index (χ0n) is 9.98. The molecule has 1 unspecified atom stereocenters. The number of aryl methyl sites for hydroxylation is 1. The van der Waals surface area contributed by atoms with Gasteiger partial charge in [0.1, 0.15) is 12.4 Å². The molecule has 1 N–H and O–H groups in total.